The maximum absolute atomic E-state index is 5.46. The number of ether oxygens (including phenoxy) is 2. The molecule has 0 heterocycles. The molecule has 0 aliphatic carbocycles. The molecule has 2 heteroatoms. The first kappa shape index (κ1) is 13.5. The third-order valence-corrected chi connectivity index (χ3v) is 3.29. The molecular weight excluding hydrogens is 236 g/mol. The van der Waals surface area contributed by atoms with E-state index in [0.29, 0.717) is 5.92 Å². The van der Waals surface area contributed by atoms with E-state index in [-0.39, 0.29) is 0 Å². The molecule has 0 aromatic heterocycles. The number of hydrogen-bond donors (Lipinski definition) is 0. The van der Waals surface area contributed by atoms with E-state index in [4.69, 9.17) is 9.47 Å². The van der Waals surface area contributed by atoms with Crippen molar-refractivity contribution in [2.75, 3.05) is 14.2 Å². The fourth-order valence-corrected chi connectivity index (χ4v) is 2.08. The quantitative estimate of drug-likeness (QED) is 0.802. The minimum atomic E-state index is 0.503. The third kappa shape index (κ3) is 2.90. The summed E-state index contributed by atoms with van der Waals surface area (Å²) in [5.41, 5.74) is 3.57. The van der Waals surface area contributed by atoms with Crippen molar-refractivity contribution in [2.45, 2.75) is 19.8 Å². The van der Waals surface area contributed by atoms with Crippen LogP contribution in [0.5, 0.6) is 11.5 Å². The van der Waals surface area contributed by atoms with Crippen LogP contribution in [0.1, 0.15) is 25.3 Å². The van der Waals surface area contributed by atoms with E-state index in [1.807, 2.05) is 18.2 Å². The maximum Gasteiger partial charge on any atom is 0.126 e. The molecule has 2 nitrogen and oxygen atoms in total. The van der Waals surface area contributed by atoms with Gasteiger partial charge in [-0.15, -0.1) is 0 Å². The Kier molecular flexibility index (Phi) is 4.10. The van der Waals surface area contributed by atoms with Gasteiger partial charge in [0.2, 0.25) is 0 Å². The normalized spacial score (nSPS) is 10.6. The van der Waals surface area contributed by atoms with E-state index in [0.717, 1.165) is 22.6 Å². The molecule has 0 aliphatic heterocycles. The van der Waals surface area contributed by atoms with E-state index >= 15 is 0 Å². The molecule has 2 aromatic carbocycles. The summed E-state index contributed by atoms with van der Waals surface area (Å²) >= 11 is 0. The van der Waals surface area contributed by atoms with Gasteiger partial charge in [-0.3, -0.25) is 0 Å². The smallest absolute Gasteiger partial charge is 0.126 e. The number of hydrogen-bond acceptors (Lipinski definition) is 2. The van der Waals surface area contributed by atoms with Crippen molar-refractivity contribution >= 4 is 0 Å². The van der Waals surface area contributed by atoms with Crippen LogP contribution >= 0.6 is 0 Å². The minimum Gasteiger partial charge on any atom is -0.497 e. The molecule has 0 unspecified atom stereocenters. The van der Waals surface area contributed by atoms with Crippen molar-refractivity contribution in [3.8, 4) is 22.6 Å². The average molecular weight is 256 g/mol. The van der Waals surface area contributed by atoms with Gasteiger partial charge in [0, 0.05) is 5.56 Å². The summed E-state index contributed by atoms with van der Waals surface area (Å²) in [6, 6.07) is 14.4. The zero-order valence-corrected chi connectivity index (χ0v) is 11.9. The first-order valence-electron chi connectivity index (χ1n) is 6.48. The van der Waals surface area contributed by atoms with Crippen LogP contribution < -0.4 is 9.47 Å². The molecule has 0 N–H and O–H groups in total. The van der Waals surface area contributed by atoms with Crippen molar-refractivity contribution in [2.24, 2.45) is 0 Å². The number of rotatable bonds is 4. The Balaban J connectivity index is 2.48. The Labute approximate surface area is 115 Å². The van der Waals surface area contributed by atoms with Gasteiger partial charge in [0.15, 0.2) is 0 Å². The summed E-state index contributed by atoms with van der Waals surface area (Å²) in [6.07, 6.45) is 0. The summed E-state index contributed by atoms with van der Waals surface area (Å²) in [7, 11) is 3.38. The third-order valence-electron chi connectivity index (χ3n) is 3.29. The molecule has 0 saturated carbocycles. The molecule has 0 atom stereocenters. The molecule has 19 heavy (non-hydrogen) atoms. The second-order valence-electron chi connectivity index (χ2n) is 4.84. The van der Waals surface area contributed by atoms with Gasteiger partial charge < -0.3 is 9.47 Å². The molecule has 0 spiro atoms. The highest BCUT2D eigenvalue weighted by atomic mass is 16.5. The minimum absolute atomic E-state index is 0.503. The summed E-state index contributed by atoms with van der Waals surface area (Å²) in [4.78, 5) is 0. The Morgan fingerprint density at radius 3 is 2.05 bits per heavy atom. The molecule has 0 bridgehead atoms. The monoisotopic (exact) mass is 256 g/mol. The van der Waals surface area contributed by atoms with E-state index in [1.165, 1.54) is 5.56 Å². The summed E-state index contributed by atoms with van der Waals surface area (Å²) in [5, 5.41) is 0. The number of benzene rings is 2. The zero-order valence-electron chi connectivity index (χ0n) is 11.9. The van der Waals surface area contributed by atoms with E-state index in [1.54, 1.807) is 14.2 Å². The van der Waals surface area contributed by atoms with Crippen molar-refractivity contribution in [3.63, 3.8) is 0 Å². The van der Waals surface area contributed by atoms with Crippen LogP contribution in [0.25, 0.3) is 11.1 Å². The second kappa shape index (κ2) is 5.79. The molecule has 0 amide bonds. The predicted octanol–water partition coefficient (Wildman–Crippen LogP) is 4.49. The average Bonchev–Trinajstić information content (AvgIpc) is 2.46. The topological polar surface area (TPSA) is 18.5 Å². The van der Waals surface area contributed by atoms with E-state index in [2.05, 4.69) is 38.1 Å². The predicted molar refractivity (Wildman–Crippen MR) is 79.1 cm³/mol. The first-order valence-corrected chi connectivity index (χ1v) is 6.48. The highest BCUT2D eigenvalue weighted by Gasteiger charge is 2.09. The summed E-state index contributed by atoms with van der Waals surface area (Å²) in [5.74, 6) is 2.26. The van der Waals surface area contributed by atoms with Crippen LogP contribution in [0.2, 0.25) is 0 Å². The lowest BCUT2D eigenvalue weighted by molar-refractivity contribution is 0.414. The lowest BCUT2D eigenvalue weighted by Gasteiger charge is -2.13. The van der Waals surface area contributed by atoms with Gasteiger partial charge in [-0.05, 0) is 41.3 Å². The first-order chi connectivity index (χ1) is 9.15. The summed E-state index contributed by atoms with van der Waals surface area (Å²) < 4.78 is 10.7. The highest BCUT2D eigenvalue weighted by Crippen LogP contribution is 2.33. The van der Waals surface area contributed by atoms with Gasteiger partial charge >= 0.3 is 0 Å². The lowest BCUT2D eigenvalue weighted by atomic mass is 9.96. The molecule has 0 saturated heterocycles. The van der Waals surface area contributed by atoms with Crippen molar-refractivity contribution in [3.05, 3.63) is 48.0 Å². The lowest BCUT2D eigenvalue weighted by Crippen LogP contribution is -1.93. The Morgan fingerprint density at radius 2 is 1.53 bits per heavy atom. The molecule has 0 radical (unpaired) electrons. The highest BCUT2D eigenvalue weighted by molar-refractivity contribution is 5.71. The van der Waals surface area contributed by atoms with Crippen molar-refractivity contribution in [1.29, 1.82) is 0 Å². The fourth-order valence-electron chi connectivity index (χ4n) is 2.08. The van der Waals surface area contributed by atoms with Gasteiger partial charge in [0.05, 0.1) is 14.2 Å². The van der Waals surface area contributed by atoms with Crippen LogP contribution in [0, 0.1) is 0 Å². The molecule has 0 aliphatic rings. The maximum atomic E-state index is 5.46. The van der Waals surface area contributed by atoms with Gasteiger partial charge in [0.25, 0.3) is 0 Å². The molecule has 100 valence electrons. The molecule has 2 aromatic rings. The standard InChI is InChI=1S/C17H20O2/c1-12(2)14-7-10-17(19-4)16(11-14)13-5-8-15(18-3)9-6-13/h5-12H,1-4H3. The molecule has 2 rings (SSSR count). The van der Waals surface area contributed by atoms with Crippen LogP contribution in [0.3, 0.4) is 0 Å². The Bertz CT molecular complexity index is 542. The van der Waals surface area contributed by atoms with Crippen LogP contribution in [-0.4, -0.2) is 14.2 Å². The van der Waals surface area contributed by atoms with Gasteiger partial charge in [-0.25, -0.2) is 0 Å². The van der Waals surface area contributed by atoms with E-state index in [9.17, 15) is 0 Å². The van der Waals surface area contributed by atoms with Crippen molar-refractivity contribution < 1.29 is 9.47 Å². The SMILES string of the molecule is COc1ccc(-c2cc(C(C)C)ccc2OC)cc1. The number of methoxy groups -OCH3 is 2. The second-order valence-corrected chi connectivity index (χ2v) is 4.84. The fraction of sp³-hybridized carbons (Fsp3) is 0.294. The van der Waals surface area contributed by atoms with Crippen LogP contribution in [-0.2, 0) is 0 Å². The Hall–Kier alpha value is -1.96. The van der Waals surface area contributed by atoms with Gasteiger partial charge in [-0.2, -0.15) is 0 Å². The van der Waals surface area contributed by atoms with E-state index < -0.39 is 0 Å². The van der Waals surface area contributed by atoms with Crippen LogP contribution in [0.15, 0.2) is 42.5 Å². The zero-order chi connectivity index (χ0) is 13.8. The largest absolute Gasteiger partial charge is 0.497 e. The van der Waals surface area contributed by atoms with Gasteiger partial charge in [0.1, 0.15) is 11.5 Å². The Morgan fingerprint density at radius 1 is 0.842 bits per heavy atom. The van der Waals surface area contributed by atoms with Crippen molar-refractivity contribution in [1.82, 2.24) is 0 Å². The molecular formula is C17H20O2. The summed E-state index contributed by atoms with van der Waals surface area (Å²) in [6.45, 7) is 4.39. The van der Waals surface area contributed by atoms with Crippen LogP contribution in [0.4, 0.5) is 0 Å². The molecule has 0 fully saturated rings. The van der Waals surface area contributed by atoms with Gasteiger partial charge in [-0.1, -0.05) is 32.0 Å².